The zero-order chi connectivity index (χ0) is 13.1. The van der Waals surface area contributed by atoms with Crippen LogP contribution in [0.5, 0.6) is 0 Å². The summed E-state index contributed by atoms with van der Waals surface area (Å²) in [6.45, 7) is 4.86. The van der Waals surface area contributed by atoms with Gasteiger partial charge in [0.25, 0.3) is 5.91 Å². The molecular formula is C14H19ClN2O. The Hall–Kier alpha value is -1.09. The molecule has 2 atom stereocenters. The number of carbonyl (C=O) groups excluding carboxylic acids is 1. The zero-order valence-corrected chi connectivity index (χ0v) is 11.6. The van der Waals surface area contributed by atoms with Crippen LogP contribution < -0.4 is 5.32 Å². The molecule has 2 unspecified atom stereocenters. The van der Waals surface area contributed by atoms with Gasteiger partial charge in [-0.25, -0.2) is 4.98 Å². The first-order chi connectivity index (χ1) is 8.56. The third-order valence-corrected chi connectivity index (χ3v) is 3.94. The van der Waals surface area contributed by atoms with Crippen molar-refractivity contribution in [2.45, 2.75) is 33.1 Å². The Labute approximate surface area is 113 Å². The largest absolute Gasteiger partial charge is 0.352 e. The minimum absolute atomic E-state index is 0.0542. The van der Waals surface area contributed by atoms with Crippen LogP contribution in [0.3, 0.4) is 0 Å². The maximum Gasteiger partial charge on any atom is 0.251 e. The highest BCUT2D eigenvalue weighted by molar-refractivity contribution is 6.29. The molecule has 1 aliphatic rings. The van der Waals surface area contributed by atoms with E-state index in [0.717, 1.165) is 12.2 Å². The smallest absolute Gasteiger partial charge is 0.251 e. The first-order valence-corrected chi connectivity index (χ1v) is 6.86. The lowest BCUT2D eigenvalue weighted by molar-refractivity contribution is 0.0944. The predicted molar refractivity (Wildman–Crippen MR) is 72.8 cm³/mol. The molecule has 2 rings (SSSR count). The Balaban J connectivity index is 1.95. The number of amides is 1. The van der Waals surface area contributed by atoms with E-state index in [1.54, 1.807) is 12.1 Å². The van der Waals surface area contributed by atoms with E-state index < -0.39 is 0 Å². The maximum absolute atomic E-state index is 12.0. The van der Waals surface area contributed by atoms with Gasteiger partial charge in [-0.3, -0.25) is 4.79 Å². The Morgan fingerprint density at radius 1 is 1.50 bits per heavy atom. The minimum atomic E-state index is -0.0542. The normalized spacial score (nSPS) is 23.1. The number of nitrogens with zero attached hydrogens (tertiary/aromatic N) is 1. The molecule has 1 fully saturated rings. The molecule has 1 saturated carbocycles. The van der Waals surface area contributed by atoms with Gasteiger partial charge in [-0.05, 0) is 37.3 Å². The van der Waals surface area contributed by atoms with E-state index >= 15 is 0 Å². The molecule has 0 radical (unpaired) electrons. The van der Waals surface area contributed by atoms with E-state index in [9.17, 15) is 4.79 Å². The molecule has 0 aromatic carbocycles. The van der Waals surface area contributed by atoms with Crippen LogP contribution in [0.4, 0.5) is 0 Å². The van der Waals surface area contributed by atoms with Crippen LogP contribution in [0.25, 0.3) is 0 Å². The van der Waals surface area contributed by atoms with Crippen LogP contribution in [0.15, 0.2) is 12.1 Å². The molecule has 1 heterocycles. The monoisotopic (exact) mass is 266 g/mol. The van der Waals surface area contributed by atoms with Crippen molar-refractivity contribution < 1.29 is 4.79 Å². The van der Waals surface area contributed by atoms with Gasteiger partial charge in [0.05, 0.1) is 0 Å². The summed E-state index contributed by atoms with van der Waals surface area (Å²) < 4.78 is 0. The van der Waals surface area contributed by atoms with Crippen molar-refractivity contribution in [1.29, 1.82) is 0 Å². The topological polar surface area (TPSA) is 42.0 Å². The van der Waals surface area contributed by atoms with Gasteiger partial charge in [0.2, 0.25) is 0 Å². The van der Waals surface area contributed by atoms with Gasteiger partial charge in [-0.1, -0.05) is 31.4 Å². The molecule has 1 N–H and O–H groups in total. The fourth-order valence-electron chi connectivity index (χ4n) is 2.61. The summed E-state index contributed by atoms with van der Waals surface area (Å²) in [6, 6.07) is 3.38. The Kier molecular flexibility index (Phi) is 4.23. The van der Waals surface area contributed by atoms with Gasteiger partial charge in [-0.15, -0.1) is 0 Å². The van der Waals surface area contributed by atoms with Gasteiger partial charge in [0.15, 0.2) is 0 Å². The molecule has 0 spiro atoms. The predicted octanol–water partition coefficient (Wildman–Crippen LogP) is 3.21. The number of hydrogen-bond acceptors (Lipinski definition) is 2. The lowest BCUT2D eigenvalue weighted by Crippen LogP contribution is -2.30. The summed E-state index contributed by atoms with van der Waals surface area (Å²) in [5.41, 5.74) is 1.36. The fourth-order valence-corrected chi connectivity index (χ4v) is 2.86. The average Bonchev–Trinajstić information content (AvgIpc) is 2.70. The third kappa shape index (κ3) is 3.22. The molecule has 0 bridgehead atoms. The summed E-state index contributed by atoms with van der Waals surface area (Å²) in [6.07, 6.45) is 3.78. The first kappa shape index (κ1) is 13.3. The van der Waals surface area contributed by atoms with Gasteiger partial charge >= 0.3 is 0 Å². The summed E-state index contributed by atoms with van der Waals surface area (Å²) in [5, 5.41) is 3.37. The number of pyridine rings is 1. The maximum atomic E-state index is 12.0. The van der Waals surface area contributed by atoms with Crippen LogP contribution in [0.2, 0.25) is 5.15 Å². The second kappa shape index (κ2) is 5.70. The minimum Gasteiger partial charge on any atom is -0.352 e. The van der Waals surface area contributed by atoms with Crippen molar-refractivity contribution in [2.24, 2.45) is 11.8 Å². The Morgan fingerprint density at radius 3 is 2.89 bits per heavy atom. The highest BCUT2D eigenvalue weighted by Crippen LogP contribution is 2.30. The van der Waals surface area contributed by atoms with Crippen LogP contribution >= 0.6 is 11.6 Å². The number of hydrogen-bond donors (Lipinski definition) is 1. The van der Waals surface area contributed by atoms with Crippen LogP contribution in [-0.4, -0.2) is 17.4 Å². The standard InChI is InChI=1S/C14H19ClN2O/c1-9-4-3-5-11(9)8-16-14(18)12-6-10(2)17-13(15)7-12/h6-7,9,11H,3-5,8H2,1-2H3,(H,16,18). The number of carbonyl (C=O) groups is 1. The number of rotatable bonds is 3. The quantitative estimate of drug-likeness (QED) is 0.854. The van der Waals surface area contributed by atoms with E-state index in [1.165, 1.54) is 19.3 Å². The second-order valence-corrected chi connectivity index (χ2v) is 5.59. The molecule has 1 aromatic rings. The van der Waals surface area contributed by atoms with E-state index in [-0.39, 0.29) is 5.91 Å². The van der Waals surface area contributed by atoms with E-state index in [4.69, 9.17) is 11.6 Å². The molecule has 0 saturated heterocycles. The summed E-state index contributed by atoms with van der Waals surface area (Å²) >= 11 is 5.85. The van der Waals surface area contributed by atoms with Gasteiger partial charge in [0, 0.05) is 17.8 Å². The lowest BCUT2D eigenvalue weighted by atomic mass is 9.98. The number of nitrogens with one attached hydrogen (secondary N) is 1. The van der Waals surface area contributed by atoms with E-state index in [0.29, 0.717) is 22.6 Å². The Bertz CT molecular complexity index is 427. The van der Waals surface area contributed by atoms with Crippen LogP contribution in [-0.2, 0) is 0 Å². The van der Waals surface area contributed by atoms with Gasteiger partial charge in [-0.2, -0.15) is 0 Å². The van der Waals surface area contributed by atoms with Crippen molar-refractivity contribution in [3.63, 3.8) is 0 Å². The highest BCUT2D eigenvalue weighted by atomic mass is 35.5. The SMILES string of the molecule is Cc1cc(C(=O)NCC2CCCC2C)cc(Cl)n1. The summed E-state index contributed by atoms with van der Waals surface area (Å²) in [7, 11) is 0. The highest BCUT2D eigenvalue weighted by Gasteiger charge is 2.23. The van der Waals surface area contributed by atoms with E-state index in [1.807, 2.05) is 6.92 Å². The van der Waals surface area contributed by atoms with Gasteiger partial charge in [0.1, 0.15) is 5.15 Å². The number of aryl methyl sites for hydroxylation is 1. The molecular weight excluding hydrogens is 248 g/mol. The average molecular weight is 267 g/mol. The molecule has 18 heavy (non-hydrogen) atoms. The fraction of sp³-hybridized carbons (Fsp3) is 0.571. The van der Waals surface area contributed by atoms with Crippen molar-refractivity contribution in [2.75, 3.05) is 6.54 Å². The van der Waals surface area contributed by atoms with Crippen molar-refractivity contribution >= 4 is 17.5 Å². The molecule has 4 heteroatoms. The van der Waals surface area contributed by atoms with Crippen molar-refractivity contribution in [1.82, 2.24) is 10.3 Å². The van der Waals surface area contributed by atoms with Crippen molar-refractivity contribution in [3.8, 4) is 0 Å². The summed E-state index contributed by atoms with van der Waals surface area (Å²) in [4.78, 5) is 16.1. The molecule has 1 aliphatic carbocycles. The number of aromatic nitrogens is 1. The molecule has 98 valence electrons. The third-order valence-electron chi connectivity index (χ3n) is 3.75. The lowest BCUT2D eigenvalue weighted by Gasteiger charge is -2.16. The van der Waals surface area contributed by atoms with Crippen LogP contribution in [0.1, 0.15) is 42.2 Å². The molecule has 0 aliphatic heterocycles. The van der Waals surface area contributed by atoms with E-state index in [2.05, 4.69) is 17.2 Å². The summed E-state index contributed by atoms with van der Waals surface area (Å²) in [5.74, 6) is 1.28. The Morgan fingerprint density at radius 2 is 2.28 bits per heavy atom. The first-order valence-electron chi connectivity index (χ1n) is 6.48. The second-order valence-electron chi connectivity index (χ2n) is 5.20. The van der Waals surface area contributed by atoms with Crippen LogP contribution in [0, 0.1) is 18.8 Å². The molecule has 1 amide bonds. The van der Waals surface area contributed by atoms with Gasteiger partial charge < -0.3 is 5.32 Å². The number of halogens is 1. The molecule has 3 nitrogen and oxygen atoms in total. The zero-order valence-electron chi connectivity index (χ0n) is 10.9. The molecule has 1 aromatic heterocycles. The van der Waals surface area contributed by atoms with Crippen molar-refractivity contribution in [3.05, 3.63) is 28.5 Å².